The molecule has 0 bridgehead atoms. The Morgan fingerprint density at radius 3 is 2.50 bits per heavy atom. The third-order valence-electron chi connectivity index (χ3n) is 2.33. The normalized spacial score (nSPS) is 12.5. The minimum absolute atomic E-state index is 0. The SMILES string of the molecule is Cc1ccc(C)c2c1C=[C-]C2.[Zr]. The third-order valence-corrected chi connectivity index (χ3v) is 2.33. The molecule has 0 amide bonds. The van der Waals surface area contributed by atoms with Crippen LogP contribution in [0.25, 0.3) is 6.08 Å². The van der Waals surface area contributed by atoms with E-state index in [9.17, 15) is 0 Å². The van der Waals surface area contributed by atoms with E-state index in [4.69, 9.17) is 0 Å². The molecule has 12 heavy (non-hydrogen) atoms. The number of hydrogen-bond donors (Lipinski definition) is 0. The van der Waals surface area contributed by atoms with E-state index in [-0.39, 0.29) is 26.2 Å². The first kappa shape index (κ1) is 9.93. The van der Waals surface area contributed by atoms with Gasteiger partial charge in [0.25, 0.3) is 0 Å². The number of rotatable bonds is 0. The van der Waals surface area contributed by atoms with Gasteiger partial charge in [0.2, 0.25) is 0 Å². The second-order valence-corrected chi connectivity index (χ2v) is 3.12. The molecule has 1 aromatic rings. The van der Waals surface area contributed by atoms with Crippen molar-refractivity contribution in [2.24, 2.45) is 0 Å². The number of aryl methyl sites for hydroxylation is 2. The monoisotopic (exact) mass is 233 g/mol. The maximum atomic E-state index is 3.24. The van der Waals surface area contributed by atoms with Crippen LogP contribution in [0.5, 0.6) is 0 Å². The Morgan fingerprint density at radius 1 is 1.17 bits per heavy atom. The van der Waals surface area contributed by atoms with Crippen LogP contribution >= 0.6 is 0 Å². The van der Waals surface area contributed by atoms with Gasteiger partial charge in [-0.2, -0.15) is 5.56 Å². The summed E-state index contributed by atoms with van der Waals surface area (Å²) in [7, 11) is 0. The molecule has 60 valence electrons. The summed E-state index contributed by atoms with van der Waals surface area (Å²) in [6.07, 6.45) is 6.36. The van der Waals surface area contributed by atoms with E-state index in [1.54, 1.807) is 0 Å². The second-order valence-electron chi connectivity index (χ2n) is 3.12. The summed E-state index contributed by atoms with van der Waals surface area (Å²) in [5.74, 6) is 0. The summed E-state index contributed by atoms with van der Waals surface area (Å²) in [6.45, 7) is 4.32. The average molecular weight is 234 g/mol. The molecule has 0 unspecified atom stereocenters. The predicted octanol–water partition coefficient (Wildman–Crippen LogP) is 2.67. The van der Waals surface area contributed by atoms with Crippen LogP contribution in [0.15, 0.2) is 12.1 Å². The van der Waals surface area contributed by atoms with Gasteiger partial charge in [0.15, 0.2) is 0 Å². The van der Waals surface area contributed by atoms with Crippen molar-refractivity contribution in [3.05, 3.63) is 40.5 Å². The number of allylic oxidation sites excluding steroid dienone is 1. The molecular formula is C11H11Zr-. The smallest absolute Gasteiger partial charge is 0 e. The molecule has 0 spiro atoms. The second kappa shape index (κ2) is 3.70. The van der Waals surface area contributed by atoms with Crippen LogP contribution in [0.4, 0.5) is 0 Å². The topological polar surface area (TPSA) is 0 Å². The Kier molecular flexibility index (Phi) is 3.06. The van der Waals surface area contributed by atoms with Gasteiger partial charge in [0.05, 0.1) is 0 Å². The van der Waals surface area contributed by atoms with Crippen LogP contribution in [0.3, 0.4) is 0 Å². The summed E-state index contributed by atoms with van der Waals surface area (Å²) in [4.78, 5) is 0. The van der Waals surface area contributed by atoms with Crippen molar-refractivity contribution in [2.45, 2.75) is 20.3 Å². The van der Waals surface area contributed by atoms with E-state index >= 15 is 0 Å². The quantitative estimate of drug-likeness (QED) is 0.606. The van der Waals surface area contributed by atoms with Crippen molar-refractivity contribution in [2.75, 3.05) is 0 Å². The molecule has 0 fully saturated rings. The Hall–Kier alpha value is -0.157. The van der Waals surface area contributed by atoms with Gasteiger partial charge in [0.1, 0.15) is 0 Å². The number of fused-ring (bicyclic) bond motifs is 1. The largest absolute Gasteiger partial charge is 0.272 e. The van der Waals surface area contributed by atoms with Crippen molar-refractivity contribution in [3.63, 3.8) is 0 Å². The Morgan fingerprint density at radius 2 is 1.83 bits per heavy atom. The molecule has 1 aliphatic rings. The zero-order valence-electron chi connectivity index (χ0n) is 7.44. The summed E-state index contributed by atoms with van der Waals surface area (Å²) >= 11 is 0. The van der Waals surface area contributed by atoms with Gasteiger partial charge in [-0.05, 0) is 6.92 Å². The Bertz CT molecular complexity index is 324. The van der Waals surface area contributed by atoms with E-state index in [1.807, 2.05) is 0 Å². The maximum absolute atomic E-state index is 3.24. The zero-order chi connectivity index (χ0) is 7.84. The van der Waals surface area contributed by atoms with Crippen molar-refractivity contribution in [3.8, 4) is 0 Å². The molecule has 0 radical (unpaired) electrons. The van der Waals surface area contributed by atoms with E-state index in [1.165, 1.54) is 22.3 Å². The van der Waals surface area contributed by atoms with Crippen LogP contribution in [-0.2, 0) is 32.6 Å². The van der Waals surface area contributed by atoms with Crippen molar-refractivity contribution in [1.82, 2.24) is 0 Å². The van der Waals surface area contributed by atoms with Gasteiger partial charge in [-0.25, -0.2) is 6.08 Å². The molecule has 0 saturated carbocycles. The van der Waals surface area contributed by atoms with Crippen LogP contribution < -0.4 is 0 Å². The van der Waals surface area contributed by atoms with Gasteiger partial charge in [0, 0.05) is 26.2 Å². The van der Waals surface area contributed by atoms with Gasteiger partial charge in [-0.15, -0.1) is 17.5 Å². The van der Waals surface area contributed by atoms with Crippen molar-refractivity contribution < 1.29 is 26.2 Å². The molecular weight excluding hydrogens is 223 g/mol. The van der Waals surface area contributed by atoms with Gasteiger partial charge >= 0.3 is 0 Å². The molecule has 0 aromatic heterocycles. The van der Waals surface area contributed by atoms with E-state index in [0.717, 1.165) is 6.42 Å². The minimum Gasteiger partial charge on any atom is -0.272 e. The summed E-state index contributed by atoms with van der Waals surface area (Å²) in [5.41, 5.74) is 5.62. The van der Waals surface area contributed by atoms with E-state index < -0.39 is 0 Å². The van der Waals surface area contributed by atoms with Crippen LogP contribution in [0.1, 0.15) is 22.3 Å². The standard InChI is InChI=1S/C11H11.Zr/c1-8-6-7-9(2)11-5-3-4-10(8)11;/h4,6-7H,5H2,1-2H3;/q-1;. The van der Waals surface area contributed by atoms with Crippen LogP contribution in [0, 0.1) is 19.9 Å². The molecule has 2 rings (SSSR count). The fraction of sp³-hybridized carbons (Fsp3) is 0.273. The van der Waals surface area contributed by atoms with E-state index in [2.05, 4.69) is 38.1 Å². The molecule has 1 heteroatoms. The number of hydrogen-bond acceptors (Lipinski definition) is 0. The molecule has 0 saturated heterocycles. The van der Waals surface area contributed by atoms with Gasteiger partial charge in [-0.1, -0.05) is 24.6 Å². The Balaban J connectivity index is 0.000000720. The molecule has 1 aliphatic carbocycles. The third kappa shape index (κ3) is 1.48. The van der Waals surface area contributed by atoms with Gasteiger partial charge < -0.3 is 0 Å². The summed E-state index contributed by atoms with van der Waals surface area (Å²) in [6, 6.07) is 4.37. The van der Waals surface area contributed by atoms with Crippen LogP contribution in [-0.4, -0.2) is 0 Å². The molecule has 0 N–H and O–H groups in total. The fourth-order valence-electron chi connectivity index (χ4n) is 1.58. The molecule has 0 aliphatic heterocycles. The first-order chi connectivity index (χ1) is 5.29. The average Bonchev–Trinajstić information content (AvgIpc) is 2.45. The summed E-state index contributed by atoms with van der Waals surface area (Å²) in [5, 5.41) is 0. The van der Waals surface area contributed by atoms with Gasteiger partial charge in [-0.3, -0.25) is 6.08 Å². The van der Waals surface area contributed by atoms with Crippen molar-refractivity contribution in [1.29, 1.82) is 0 Å². The fourth-order valence-corrected chi connectivity index (χ4v) is 1.58. The Labute approximate surface area is 92.8 Å². The van der Waals surface area contributed by atoms with Crippen LogP contribution in [0.2, 0.25) is 0 Å². The molecule has 0 heterocycles. The van der Waals surface area contributed by atoms with E-state index in [0.29, 0.717) is 0 Å². The predicted molar refractivity (Wildman–Crippen MR) is 47.3 cm³/mol. The zero-order valence-corrected chi connectivity index (χ0v) is 9.90. The number of benzene rings is 1. The first-order valence-corrected chi connectivity index (χ1v) is 3.95. The minimum atomic E-state index is 0. The molecule has 1 aromatic carbocycles. The van der Waals surface area contributed by atoms with Crippen molar-refractivity contribution >= 4 is 6.08 Å². The summed E-state index contributed by atoms with van der Waals surface area (Å²) < 4.78 is 0. The molecule has 0 nitrogen and oxygen atoms in total. The first-order valence-electron chi connectivity index (χ1n) is 3.95. The molecule has 0 atom stereocenters. The maximum Gasteiger partial charge on any atom is 0 e.